The minimum Gasteiger partial charge on any atom is -0.392 e. The number of benzene rings is 1. The van der Waals surface area contributed by atoms with Gasteiger partial charge in [-0.3, -0.25) is 9.69 Å². The van der Waals surface area contributed by atoms with Crippen LogP contribution in [-0.4, -0.2) is 47.2 Å². The highest BCUT2D eigenvalue weighted by Gasteiger charge is 2.24. The van der Waals surface area contributed by atoms with Crippen LogP contribution in [0, 0.1) is 0 Å². The van der Waals surface area contributed by atoms with Crippen LogP contribution in [0.2, 0.25) is 0 Å². The van der Waals surface area contributed by atoms with E-state index in [0.717, 1.165) is 55.0 Å². The van der Waals surface area contributed by atoms with Crippen LogP contribution >= 0.6 is 0 Å². The summed E-state index contributed by atoms with van der Waals surface area (Å²) in [5, 5.41) is 12.2. The van der Waals surface area contributed by atoms with Crippen molar-refractivity contribution in [3.8, 4) is 0 Å². The summed E-state index contributed by atoms with van der Waals surface area (Å²) >= 11 is 0. The van der Waals surface area contributed by atoms with Gasteiger partial charge >= 0.3 is 0 Å². The first-order chi connectivity index (χ1) is 13.2. The molecule has 2 aliphatic heterocycles. The van der Waals surface area contributed by atoms with Gasteiger partial charge in [0.1, 0.15) is 0 Å². The molecule has 1 aromatic heterocycles. The number of methoxy groups -OCH3 is 1. The second-order valence-corrected chi connectivity index (χ2v) is 7.22. The van der Waals surface area contributed by atoms with E-state index in [1.807, 2.05) is 30.5 Å². The van der Waals surface area contributed by atoms with Crippen LogP contribution in [-0.2, 0) is 22.7 Å². The Hall–Kier alpha value is -2.41. The number of hydrogen-bond donors (Lipinski definition) is 3. The molecule has 0 unspecified atom stereocenters. The second kappa shape index (κ2) is 7.68. The SMILES string of the molecule is COC1CCN(Cc2c[nH]c(/C=C3\C(=O)Nc4ccc(CO)cc43)c2)CC1. The fraction of sp³-hybridized carbons (Fsp3) is 0.381. The number of amides is 1. The molecule has 0 atom stereocenters. The molecule has 1 fully saturated rings. The normalized spacial score (nSPS) is 19.5. The predicted octanol–water partition coefficient (Wildman–Crippen LogP) is 2.61. The Labute approximate surface area is 158 Å². The van der Waals surface area contributed by atoms with E-state index in [4.69, 9.17) is 4.74 Å². The largest absolute Gasteiger partial charge is 0.392 e. The van der Waals surface area contributed by atoms with Crippen molar-refractivity contribution in [3.05, 3.63) is 52.8 Å². The molecular weight excluding hydrogens is 342 g/mol. The lowest BCUT2D eigenvalue weighted by atomic mass is 10.0. The number of aromatic amines is 1. The van der Waals surface area contributed by atoms with Crippen molar-refractivity contribution in [2.24, 2.45) is 0 Å². The zero-order chi connectivity index (χ0) is 18.8. The number of aromatic nitrogens is 1. The molecule has 6 heteroatoms. The lowest BCUT2D eigenvalue weighted by Gasteiger charge is -2.30. The molecule has 3 heterocycles. The second-order valence-electron chi connectivity index (χ2n) is 7.22. The van der Waals surface area contributed by atoms with Gasteiger partial charge in [-0.05, 0) is 48.2 Å². The number of rotatable bonds is 5. The topological polar surface area (TPSA) is 77.6 Å². The van der Waals surface area contributed by atoms with Gasteiger partial charge in [-0.1, -0.05) is 6.07 Å². The third-order valence-corrected chi connectivity index (χ3v) is 5.39. The maximum Gasteiger partial charge on any atom is 0.256 e. The van der Waals surface area contributed by atoms with Crippen molar-refractivity contribution >= 4 is 23.2 Å². The van der Waals surface area contributed by atoms with E-state index in [1.165, 1.54) is 5.56 Å². The average molecular weight is 367 g/mol. The Morgan fingerprint density at radius 3 is 2.81 bits per heavy atom. The highest BCUT2D eigenvalue weighted by atomic mass is 16.5. The standard InChI is InChI=1S/C21H25N3O3/c1-27-17-4-6-24(7-5-17)12-15-8-16(22-11-15)10-19-18-9-14(13-25)2-3-20(18)23-21(19)26/h2-3,8-11,17,22,25H,4-7,12-13H2,1H3,(H,23,26)/b19-10-. The van der Waals surface area contributed by atoms with Gasteiger partial charge in [0, 0.05) is 49.9 Å². The number of nitrogens with zero attached hydrogens (tertiary/aromatic N) is 1. The first kappa shape index (κ1) is 18.0. The first-order valence-electron chi connectivity index (χ1n) is 9.36. The van der Waals surface area contributed by atoms with Crippen LogP contribution in [0.15, 0.2) is 30.5 Å². The lowest BCUT2D eigenvalue weighted by molar-refractivity contribution is -0.110. The molecule has 1 amide bonds. The van der Waals surface area contributed by atoms with E-state index in [9.17, 15) is 9.90 Å². The summed E-state index contributed by atoms with van der Waals surface area (Å²) in [6.07, 6.45) is 6.41. The van der Waals surface area contributed by atoms with Crippen molar-refractivity contribution in [2.75, 3.05) is 25.5 Å². The number of likely N-dealkylation sites (tertiary alicyclic amines) is 1. The molecule has 1 saturated heterocycles. The summed E-state index contributed by atoms with van der Waals surface area (Å²) in [5.74, 6) is -0.113. The number of aliphatic hydroxyl groups excluding tert-OH is 1. The van der Waals surface area contributed by atoms with Gasteiger partial charge in [-0.15, -0.1) is 0 Å². The van der Waals surface area contributed by atoms with Crippen LogP contribution in [0.25, 0.3) is 11.6 Å². The maximum absolute atomic E-state index is 12.3. The Bertz CT molecular complexity index is 863. The lowest BCUT2D eigenvalue weighted by Crippen LogP contribution is -2.36. The zero-order valence-electron chi connectivity index (χ0n) is 15.5. The quantitative estimate of drug-likeness (QED) is 0.710. The molecule has 0 aliphatic carbocycles. The predicted molar refractivity (Wildman–Crippen MR) is 105 cm³/mol. The number of carbonyl (C=O) groups is 1. The monoisotopic (exact) mass is 367 g/mol. The minimum atomic E-state index is -0.113. The van der Waals surface area contributed by atoms with Gasteiger partial charge in [0.25, 0.3) is 5.91 Å². The molecule has 1 aromatic carbocycles. The molecule has 0 radical (unpaired) electrons. The Morgan fingerprint density at radius 1 is 1.26 bits per heavy atom. The van der Waals surface area contributed by atoms with Gasteiger partial charge in [-0.25, -0.2) is 0 Å². The van der Waals surface area contributed by atoms with Gasteiger partial charge in [0.2, 0.25) is 0 Å². The molecule has 2 aliphatic rings. The number of hydrogen-bond acceptors (Lipinski definition) is 4. The van der Waals surface area contributed by atoms with E-state index >= 15 is 0 Å². The van der Waals surface area contributed by atoms with Gasteiger partial charge in [-0.2, -0.15) is 0 Å². The number of anilines is 1. The summed E-state index contributed by atoms with van der Waals surface area (Å²) in [7, 11) is 1.78. The van der Waals surface area contributed by atoms with Gasteiger partial charge in [0.05, 0.1) is 18.3 Å². The number of H-pyrrole nitrogens is 1. The maximum atomic E-state index is 12.3. The molecule has 27 heavy (non-hydrogen) atoms. The van der Waals surface area contributed by atoms with Gasteiger partial charge < -0.3 is 20.1 Å². The van der Waals surface area contributed by atoms with Crippen LogP contribution < -0.4 is 5.32 Å². The third-order valence-electron chi connectivity index (χ3n) is 5.39. The number of aliphatic hydroxyl groups is 1. The molecule has 0 saturated carbocycles. The van der Waals surface area contributed by atoms with Crippen LogP contribution in [0.3, 0.4) is 0 Å². The number of nitrogens with one attached hydrogen (secondary N) is 2. The minimum absolute atomic E-state index is 0.0405. The number of ether oxygens (including phenoxy) is 1. The van der Waals surface area contributed by atoms with Crippen LogP contribution in [0.4, 0.5) is 5.69 Å². The summed E-state index contributed by atoms with van der Waals surface area (Å²) in [6, 6.07) is 7.62. The van der Waals surface area contributed by atoms with Crippen molar-refractivity contribution in [2.45, 2.75) is 32.1 Å². The smallest absolute Gasteiger partial charge is 0.256 e. The number of fused-ring (bicyclic) bond motifs is 1. The molecule has 3 N–H and O–H groups in total. The van der Waals surface area contributed by atoms with E-state index in [2.05, 4.69) is 21.3 Å². The van der Waals surface area contributed by atoms with Crippen molar-refractivity contribution < 1.29 is 14.6 Å². The molecule has 142 valence electrons. The molecule has 0 bridgehead atoms. The summed E-state index contributed by atoms with van der Waals surface area (Å²) in [6.45, 7) is 2.94. The van der Waals surface area contributed by atoms with E-state index in [1.54, 1.807) is 7.11 Å². The van der Waals surface area contributed by atoms with Gasteiger partial charge in [0.15, 0.2) is 0 Å². The van der Waals surface area contributed by atoms with Crippen LogP contribution in [0.1, 0.15) is 35.2 Å². The molecular formula is C21H25N3O3. The van der Waals surface area contributed by atoms with E-state index < -0.39 is 0 Å². The molecule has 6 nitrogen and oxygen atoms in total. The Kier molecular flexibility index (Phi) is 5.11. The number of piperidine rings is 1. The van der Waals surface area contributed by atoms with Crippen molar-refractivity contribution in [1.29, 1.82) is 0 Å². The van der Waals surface area contributed by atoms with E-state index in [0.29, 0.717) is 11.7 Å². The van der Waals surface area contributed by atoms with Crippen molar-refractivity contribution in [3.63, 3.8) is 0 Å². The molecule has 2 aromatic rings. The Morgan fingerprint density at radius 2 is 2.07 bits per heavy atom. The van der Waals surface area contributed by atoms with Crippen molar-refractivity contribution in [1.82, 2.24) is 9.88 Å². The molecule has 0 spiro atoms. The van der Waals surface area contributed by atoms with Crippen LogP contribution in [0.5, 0.6) is 0 Å². The van der Waals surface area contributed by atoms with E-state index in [-0.39, 0.29) is 12.5 Å². The highest BCUT2D eigenvalue weighted by Crippen LogP contribution is 2.33. The highest BCUT2D eigenvalue weighted by molar-refractivity contribution is 6.34. The molecule has 4 rings (SSSR count). The number of carbonyl (C=O) groups excluding carboxylic acids is 1. The fourth-order valence-corrected chi connectivity index (χ4v) is 3.83. The summed E-state index contributed by atoms with van der Waals surface area (Å²) < 4.78 is 5.43. The summed E-state index contributed by atoms with van der Waals surface area (Å²) in [5.41, 5.74) is 5.16. The fourth-order valence-electron chi connectivity index (χ4n) is 3.83. The zero-order valence-corrected chi connectivity index (χ0v) is 15.5. The average Bonchev–Trinajstić information content (AvgIpc) is 3.26. The summed E-state index contributed by atoms with van der Waals surface area (Å²) in [4.78, 5) is 18.0. The first-order valence-corrected chi connectivity index (χ1v) is 9.36. The Balaban J connectivity index is 1.49. The third kappa shape index (κ3) is 3.83.